The largest absolute Gasteiger partial charge is 0.302 e. The van der Waals surface area contributed by atoms with Crippen LogP contribution in [0.4, 0.5) is 5.82 Å². The number of hydrogen-bond donors (Lipinski definition) is 1. The van der Waals surface area contributed by atoms with Gasteiger partial charge in [-0.05, 0) is 31.4 Å². The molecule has 0 spiro atoms. The van der Waals surface area contributed by atoms with E-state index in [9.17, 15) is 0 Å². The Balaban J connectivity index is 2.14. The molecule has 0 radical (unpaired) electrons. The van der Waals surface area contributed by atoms with Crippen LogP contribution in [0.15, 0.2) is 12.3 Å². The van der Waals surface area contributed by atoms with Crippen LogP contribution in [-0.2, 0) is 0 Å². The zero-order valence-corrected chi connectivity index (χ0v) is 9.53. The highest BCUT2D eigenvalue weighted by molar-refractivity contribution is 5.54. The second kappa shape index (κ2) is 4.95. The van der Waals surface area contributed by atoms with Gasteiger partial charge < -0.3 is 5.43 Å². The number of nitriles is 1. The summed E-state index contributed by atoms with van der Waals surface area (Å²) in [6.45, 7) is 3.99. The van der Waals surface area contributed by atoms with Crippen molar-refractivity contribution in [3.05, 3.63) is 23.4 Å². The molecule has 2 heterocycles. The molecule has 0 saturated carbocycles. The normalized spacial score (nSPS) is 16.8. The molecule has 0 unspecified atom stereocenters. The number of pyridine rings is 1. The average molecular weight is 216 g/mol. The van der Waals surface area contributed by atoms with Crippen molar-refractivity contribution in [1.82, 2.24) is 9.99 Å². The third kappa shape index (κ3) is 2.31. The van der Waals surface area contributed by atoms with Crippen LogP contribution in [0.25, 0.3) is 0 Å². The van der Waals surface area contributed by atoms with Crippen molar-refractivity contribution in [2.24, 2.45) is 0 Å². The SMILES string of the molecule is Cc1ccnc(NN2CCCCC2)c1C#N. The number of nitrogens with one attached hydrogen (secondary N) is 1. The molecule has 16 heavy (non-hydrogen) atoms. The number of rotatable bonds is 2. The van der Waals surface area contributed by atoms with Gasteiger partial charge in [0.2, 0.25) is 0 Å². The van der Waals surface area contributed by atoms with E-state index in [1.54, 1.807) is 6.20 Å². The molecule has 1 aliphatic heterocycles. The lowest BCUT2D eigenvalue weighted by molar-refractivity contribution is 0.272. The molecular weight excluding hydrogens is 200 g/mol. The van der Waals surface area contributed by atoms with Crippen LogP contribution in [-0.4, -0.2) is 23.1 Å². The van der Waals surface area contributed by atoms with E-state index in [2.05, 4.69) is 21.5 Å². The monoisotopic (exact) mass is 216 g/mol. The molecular formula is C12H16N4. The Bertz CT molecular complexity index is 402. The lowest BCUT2D eigenvalue weighted by Crippen LogP contribution is -2.35. The maximum absolute atomic E-state index is 9.08. The molecule has 1 N–H and O–H groups in total. The van der Waals surface area contributed by atoms with E-state index in [1.165, 1.54) is 19.3 Å². The van der Waals surface area contributed by atoms with Crippen LogP contribution in [0, 0.1) is 18.3 Å². The summed E-state index contributed by atoms with van der Waals surface area (Å²) in [5.41, 5.74) is 4.86. The fraction of sp³-hybridized carbons (Fsp3) is 0.500. The van der Waals surface area contributed by atoms with Crippen molar-refractivity contribution in [2.75, 3.05) is 18.5 Å². The maximum atomic E-state index is 9.08. The van der Waals surface area contributed by atoms with Gasteiger partial charge in [-0.3, -0.25) is 0 Å². The summed E-state index contributed by atoms with van der Waals surface area (Å²) in [6, 6.07) is 4.06. The summed E-state index contributed by atoms with van der Waals surface area (Å²) in [4.78, 5) is 4.23. The van der Waals surface area contributed by atoms with Crippen LogP contribution in [0.2, 0.25) is 0 Å². The molecule has 0 bridgehead atoms. The number of anilines is 1. The molecule has 84 valence electrons. The minimum atomic E-state index is 0.646. The Labute approximate surface area is 95.9 Å². The molecule has 0 amide bonds. The quantitative estimate of drug-likeness (QED) is 0.822. The maximum Gasteiger partial charge on any atom is 0.158 e. The number of nitrogens with zero attached hydrogens (tertiary/aromatic N) is 3. The van der Waals surface area contributed by atoms with Crippen LogP contribution in [0.3, 0.4) is 0 Å². The third-order valence-electron chi connectivity index (χ3n) is 2.89. The van der Waals surface area contributed by atoms with Crippen LogP contribution in [0.1, 0.15) is 30.4 Å². The Kier molecular flexibility index (Phi) is 3.37. The van der Waals surface area contributed by atoms with E-state index in [0.29, 0.717) is 11.4 Å². The molecule has 4 nitrogen and oxygen atoms in total. The predicted octanol–water partition coefficient (Wildman–Crippen LogP) is 2.07. The number of hydrazine groups is 1. The van der Waals surface area contributed by atoms with Gasteiger partial charge in [-0.25, -0.2) is 9.99 Å². The Morgan fingerprint density at radius 1 is 1.38 bits per heavy atom. The molecule has 1 aliphatic rings. The van der Waals surface area contributed by atoms with E-state index in [1.807, 2.05) is 13.0 Å². The van der Waals surface area contributed by atoms with Gasteiger partial charge in [-0.1, -0.05) is 6.42 Å². The van der Waals surface area contributed by atoms with Gasteiger partial charge in [0, 0.05) is 19.3 Å². The van der Waals surface area contributed by atoms with Crippen molar-refractivity contribution < 1.29 is 0 Å². The second-order valence-electron chi connectivity index (χ2n) is 4.12. The molecule has 0 aliphatic carbocycles. The summed E-state index contributed by atoms with van der Waals surface area (Å²) in [6.07, 6.45) is 5.45. The van der Waals surface area contributed by atoms with Gasteiger partial charge >= 0.3 is 0 Å². The zero-order chi connectivity index (χ0) is 11.4. The fourth-order valence-corrected chi connectivity index (χ4v) is 1.94. The number of aromatic nitrogens is 1. The summed E-state index contributed by atoms with van der Waals surface area (Å²) >= 11 is 0. The standard InChI is InChI=1S/C12H16N4/c1-10-5-6-14-12(11(10)9-13)15-16-7-3-2-4-8-16/h5-6H,2-4,7-8H2,1H3,(H,14,15). The Morgan fingerprint density at radius 2 is 2.12 bits per heavy atom. The van der Waals surface area contributed by atoms with Crippen molar-refractivity contribution in [3.63, 3.8) is 0 Å². The lowest BCUT2D eigenvalue weighted by atomic mass is 10.1. The Hall–Kier alpha value is -1.60. The summed E-state index contributed by atoms with van der Waals surface area (Å²) in [5, 5.41) is 11.2. The van der Waals surface area contributed by atoms with E-state index >= 15 is 0 Å². The molecule has 1 aromatic rings. The first-order chi connectivity index (χ1) is 7.81. The topological polar surface area (TPSA) is 52.0 Å². The first-order valence-corrected chi connectivity index (χ1v) is 5.68. The van der Waals surface area contributed by atoms with E-state index in [-0.39, 0.29) is 0 Å². The van der Waals surface area contributed by atoms with Crippen LogP contribution in [0.5, 0.6) is 0 Å². The van der Waals surface area contributed by atoms with Crippen LogP contribution < -0.4 is 5.43 Å². The molecule has 1 fully saturated rings. The van der Waals surface area contributed by atoms with Crippen molar-refractivity contribution >= 4 is 5.82 Å². The highest BCUT2D eigenvalue weighted by Crippen LogP contribution is 2.17. The van der Waals surface area contributed by atoms with Gasteiger partial charge in [0.1, 0.15) is 6.07 Å². The molecule has 2 rings (SSSR count). The number of hydrogen-bond acceptors (Lipinski definition) is 4. The third-order valence-corrected chi connectivity index (χ3v) is 2.89. The average Bonchev–Trinajstić information content (AvgIpc) is 2.31. The van der Waals surface area contributed by atoms with Crippen LogP contribution >= 0.6 is 0 Å². The smallest absolute Gasteiger partial charge is 0.158 e. The number of aryl methyl sites for hydroxylation is 1. The lowest BCUT2D eigenvalue weighted by Gasteiger charge is -2.27. The van der Waals surface area contributed by atoms with E-state index < -0.39 is 0 Å². The van der Waals surface area contributed by atoms with Crippen molar-refractivity contribution in [1.29, 1.82) is 5.26 Å². The molecule has 1 aromatic heterocycles. The van der Waals surface area contributed by atoms with Gasteiger partial charge in [0.25, 0.3) is 0 Å². The summed E-state index contributed by atoms with van der Waals surface area (Å²) in [7, 11) is 0. The van der Waals surface area contributed by atoms with Gasteiger partial charge in [-0.15, -0.1) is 0 Å². The molecule has 0 aromatic carbocycles. The summed E-state index contributed by atoms with van der Waals surface area (Å²) in [5.74, 6) is 0.685. The fourth-order valence-electron chi connectivity index (χ4n) is 1.94. The minimum absolute atomic E-state index is 0.646. The number of piperidine rings is 1. The second-order valence-corrected chi connectivity index (χ2v) is 4.12. The van der Waals surface area contributed by atoms with Crippen molar-refractivity contribution in [3.8, 4) is 6.07 Å². The molecule has 0 atom stereocenters. The summed E-state index contributed by atoms with van der Waals surface area (Å²) < 4.78 is 0. The van der Waals surface area contributed by atoms with Crippen molar-refractivity contribution in [2.45, 2.75) is 26.2 Å². The minimum Gasteiger partial charge on any atom is -0.302 e. The first kappa shape index (κ1) is 10.9. The highest BCUT2D eigenvalue weighted by Gasteiger charge is 2.13. The highest BCUT2D eigenvalue weighted by atomic mass is 15.5. The van der Waals surface area contributed by atoms with E-state index in [0.717, 1.165) is 18.7 Å². The first-order valence-electron chi connectivity index (χ1n) is 5.68. The van der Waals surface area contributed by atoms with Gasteiger partial charge in [-0.2, -0.15) is 5.26 Å². The van der Waals surface area contributed by atoms with E-state index in [4.69, 9.17) is 5.26 Å². The molecule has 4 heteroatoms. The zero-order valence-electron chi connectivity index (χ0n) is 9.53. The van der Waals surface area contributed by atoms with Gasteiger partial charge in [0.15, 0.2) is 5.82 Å². The van der Waals surface area contributed by atoms with Gasteiger partial charge in [0.05, 0.1) is 5.56 Å². The Morgan fingerprint density at radius 3 is 2.81 bits per heavy atom. The predicted molar refractivity (Wildman–Crippen MR) is 62.7 cm³/mol. The molecule has 1 saturated heterocycles.